The molecule has 0 unspecified atom stereocenters. The molecule has 0 aliphatic rings. The van der Waals surface area contributed by atoms with Crippen LogP contribution in [0.4, 0.5) is 0 Å². The van der Waals surface area contributed by atoms with Crippen molar-refractivity contribution in [2.75, 3.05) is 0 Å². The summed E-state index contributed by atoms with van der Waals surface area (Å²) in [6, 6.07) is 42.0. The van der Waals surface area contributed by atoms with Crippen LogP contribution in [0.5, 0.6) is 0 Å². The molecule has 0 saturated carbocycles. The smallest absolute Gasteiger partial charge is 0.243 e. The largest absolute Gasteiger partial charge is 0.437 e. The average Bonchev–Trinajstić information content (AvgIpc) is 3.34. The summed E-state index contributed by atoms with van der Waals surface area (Å²) < 4.78 is 8.32. The van der Waals surface area contributed by atoms with E-state index in [0.717, 1.165) is 27.9 Å². The van der Waals surface area contributed by atoms with Crippen LogP contribution in [-0.2, 0) is 10.2 Å². The first-order valence-electron chi connectivity index (χ1n) is 13.8. The zero-order valence-electron chi connectivity index (χ0n) is 23.6. The number of rotatable bonds is 5. The zero-order valence-corrected chi connectivity index (χ0v) is 23.6. The fraction of sp³-hybridized carbons (Fsp3) is 0.108. The maximum atomic E-state index is 6.00. The summed E-state index contributed by atoms with van der Waals surface area (Å²) in [5.41, 5.74) is 8.75. The van der Waals surface area contributed by atoms with Crippen molar-refractivity contribution in [2.45, 2.75) is 26.2 Å². The molecule has 0 aliphatic heterocycles. The second-order valence-electron chi connectivity index (χ2n) is 11.3. The summed E-state index contributed by atoms with van der Waals surface area (Å²) >= 11 is 0. The van der Waals surface area contributed by atoms with E-state index in [1.54, 1.807) is 0 Å². The molecule has 0 aliphatic carbocycles. The number of nitrogens with two attached hydrogens (primary N) is 1. The fourth-order valence-electron chi connectivity index (χ4n) is 5.30. The molecule has 0 atom stereocenters. The second-order valence-corrected chi connectivity index (χ2v) is 11.3. The third-order valence-electron chi connectivity index (χ3n) is 7.58. The predicted molar refractivity (Wildman–Crippen MR) is 172 cm³/mol. The van der Waals surface area contributed by atoms with Crippen LogP contribution in [0.15, 0.2) is 133 Å². The SMILES string of the molecule is C=C(O/C(=N\N)c1ccc(-c2ccc(-n3c4ccccc4c4ccccc43)cc2)cc1)c1ccc(C(C)(C)C)cc1. The first-order valence-corrected chi connectivity index (χ1v) is 13.8. The van der Waals surface area contributed by atoms with Crippen LogP contribution < -0.4 is 5.84 Å². The number of nitrogens with zero attached hydrogens (tertiary/aromatic N) is 2. The first kappa shape index (κ1) is 26.1. The minimum atomic E-state index is 0.0810. The number of hydrazone groups is 1. The fourth-order valence-corrected chi connectivity index (χ4v) is 5.30. The molecule has 202 valence electrons. The Morgan fingerprint density at radius 1 is 0.659 bits per heavy atom. The van der Waals surface area contributed by atoms with E-state index in [4.69, 9.17) is 10.6 Å². The van der Waals surface area contributed by atoms with Crippen LogP contribution in [0.1, 0.15) is 37.5 Å². The minimum Gasteiger partial charge on any atom is -0.437 e. The van der Waals surface area contributed by atoms with Gasteiger partial charge in [0.05, 0.1) is 11.0 Å². The topological polar surface area (TPSA) is 52.5 Å². The molecular formula is C37H33N3O. The lowest BCUT2D eigenvalue weighted by Gasteiger charge is -2.19. The number of fused-ring (bicyclic) bond motifs is 3. The van der Waals surface area contributed by atoms with Crippen molar-refractivity contribution >= 4 is 33.5 Å². The number of ether oxygens (including phenoxy) is 1. The van der Waals surface area contributed by atoms with Gasteiger partial charge in [0.15, 0.2) is 0 Å². The lowest BCUT2D eigenvalue weighted by Crippen LogP contribution is -2.11. The van der Waals surface area contributed by atoms with Gasteiger partial charge in [0.25, 0.3) is 0 Å². The summed E-state index contributed by atoms with van der Waals surface area (Å²) in [7, 11) is 0. The molecule has 0 saturated heterocycles. The van der Waals surface area contributed by atoms with Crippen LogP contribution in [0.3, 0.4) is 0 Å². The van der Waals surface area contributed by atoms with Gasteiger partial charge in [0.2, 0.25) is 5.90 Å². The molecule has 0 radical (unpaired) electrons. The first-order chi connectivity index (χ1) is 19.8. The minimum absolute atomic E-state index is 0.0810. The highest BCUT2D eigenvalue weighted by Crippen LogP contribution is 2.32. The van der Waals surface area contributed by atoms with E-state index in [2.05, 4.69) is 134 Å². The lowest BCUT2D eigenvalue weighted by molar-refractivity contribution is 0.507. The molecule has 0 bridgehead atoms. The monoisotopic (exact) mass is 535 g/mol. The molecule has 2 N–H and O–H groups in total. The zero-order chi connectivity index (χ0) is 28.6. The van der Waals surface area contributed by atoms with Crippen LogP contribution in [0.2, 0.25) is 0 Å². The van der Waals surface area contributed by atoms with E-state index in [1.165, 1.54) is 27.4 Å². The maximum Gasteiger partial charge on any atom is 0.243 e. The van der Waals surface area contributed by atoms with Gasteiger partial charge in [0, 0.05) is 27.6 Å². The maximum absolute atomic E-state index is 6.00. The van der Waals surface area contributed by atoms with Crippen molar-refractivity contribution < 1.29 is 4.74 Å². The van der Waals surface area contributed by atoms with E-state index < -0.39 is 0 Å². The Morgan fingerprint density at radius 3 is 1.66 bits per heavy atom. The molecule has 1 heterocycles. The summed E-state index contributed by atoms with van der Waals surface area (Å²) in [5.74, 6) is 6.54. The number of para-hydroxylation sites is 2. The van der Waals surface area contributed by atoms with Gasteiger partial charge in [-0.2, -0.15) is 0 Å². The Bertz CT molecular complexity index is 1830. The van der Waals surface area contributed by atoms with Crippen LogP contribution in [-0.4, -0.2) is 10.5 Å². The molecule has 1 aromatic heterocycles. The molecule has 4 nitrogen and oxygen atoms in total. The van der Waals surface area contributed by atoms with Crippen molar-refractivity contribution in [3.8, 4) is 16.8 Å². The van der Waals surface area contributed by atoms with Gasteiger partial charge < -0.3 is 15.1 Å². The van der Waals surface area contributed by atoms with Crippen LogP contribution >= 0.6 is 0 Å². The Labute approximate surface area is 241 Å². The van der Waals surface area contributed by atoms with Crippen molar-refractivity contribution in [1.82, 2.24) is 4.57 Å². The van der Waals surface area contributed by atoms with Crippen LogP contribution in [0, 0.1) is 0 Å². The second kappa shape index (κ2) is 10.5. The highest BCUT2D eigenvalue weighted by molar-refractivity contribution is 6.09. The molecule has 6 rings (SSSR count). The van der Waals surface area contributed by atoms with E-state index in [9.17, 15) is 0 Å². The molecule has 0 spiro atoms. The molecule has 0 fully saturated rings. The van der Waals surface area contributed by atoms with Crippen molar-refractivity contribution in [1.29, 1.82) is 0 Å². The highest BCUT2D eigenvalue weighted by atomic mass is 16.5. The molecular weight excluding hydrogens is 502 g/mol. The highest BCUT2D eigenvalue weighted by Gasteiger charge is 2.15. The van der Waals surface area contributed by atoms with E-state index in [0.29, 0.717) is 11.7 Å². The summed E-state index contributed by atoms with van der Waals surface area (Å²) in [4.78, 5) is 0. The van der Waals surface area contributed by atoms with Gasteiger partial charge >= 0.3 is 0 Å². The number of aromatic nitrogens is 1. The van der Waals surface area contributed by atoms with Crippen molar-refractivity contribution in [2.24, 2.45) is 10.9 Å². The molecule has 5 aromatic carbocycles. The Kier molecular flexibility index (Phi) is 6.68. The van der Waals surface area contributed by atoms with Gasteiger partial charge in [-0.3, -0.25) is 0 Å². The van der Waals surface area contributed by atoms with E-state index in [1.807, 2.05) is 24.3 Å². The van der Waals surface area contributed by atoms with Gasteiger partial charge in [0.1, 0.15) is 5.76 Å². The molecule has 6 aromatic rings. The average molecular weight is 536 g/mol. The molecule has 4 heteroatoms. The normalized spacial score (nSPS) is 12.1. The summed E-state index contributed by atoms with van der Waals surface area (Å²) in [6.07, 6.45) is 0. The lowest BCUT2D eigenvalue weighted by atomic mass is 9.86. The van der Waals surface area contributed by atoms with Gasteiger partial charge in [-0.15, -0.1) is 5.10 Å². The quantitative estimate of drug-likeness (QED) is 0.0787. The van der Waals surface area contributed by atoms with Crippen molar-refractivity contribution in [3.63, 3.8) is 0 Å². The van der Waals surface area contributed by atoms with Crippen molar-refractivity contribution in [3.05, 3.63) is 145 Å². The molecule has 0 amide bonds. The van der Waals surface area contributed by atoms with Gasteiger partial charge in [-0.1, -0.05) is 112 Å². The van der Waals surface area contributed by atoms with Crippen LogP contribution in [0.25, 0.3) is 44.4 Å². The van der Waals surface area contributed by atoms with E-state index in [-0.39, 0.29) is 5.41 Å². The Morgan fingerprint density at radius 2 is 1.15 bits per heavy atom. The standard InChI is InChI=1S/C37H33N3O/c1-25(26-17-21-30(22-18-26)37(2,3)4)41-36(39-38)29-15-13-27(14-16-29)28-19-23-31(24-20-28)40-34-11-7-5-9-32(34)33-10-6-8-12-35(33)40/h5-24H,1,38H2,2-4H3/b39-36-. The van der Waals surface area contributed by atoms with E-state index >= 15 is 0 Å². The number of hydrogen-bond acceptors (Lipinski definition) is 3. The Balaban J connectivity index is 1.22. The number of hydrogen-bond donors (Lipinski definition) is 1. The predicted octanol–water partition coefficient (Wildman–Crippen LogP) is 9.06. The van der Waals surface area contributed by atoms with Gasteiger partial charge in [-0.05, 0) is 58.5 Å². The number of benzene rings is 5. The summed E-state index contributed by atoms with van der Waals surface area (Å²) in [5, 5.41) is 6.42. The Hall–Kier alpha value is -5.09. The third-order valence-corrected chi connectivity index (χ3v) is 7.58. The van der Waals surface area contributed by atoms with Gasteiger partial charge in [-0.25, -0.2) is 0 Å². The molecule has 41 heavy (non-hydrogen) atoms. The summed E-state index contributed by atoms with van der Waals surface area (Å²) in [6.45, 7) is 10.7. The third kappa shape index (κ3) is 5.01.